The van der Waals surface area contributed by atoms with Gasteiger partial charge in [0.1, 0.15) is 0 Å². The van der Waals surface area contributed by atoms with Crippen molar-refractivity contribution >= 4 is 18.0 Å². The molecule has 0 aliphatic carbocycles. The van der Waals surface area contributed by atoms with Crippen molar-refractivity contribution in [3.05, 3.63) is 23.4 Å². The molecule has 2 heterocycles. The maximum atomic E-state index is 2.18. The van der Waals surface area contributed by atoms with Crippen LogP contribution in [0.25, 0.3) is 0 Å². The third-order valence-electron chi connectivity index (χ3n) is 1.24. The van der Waals surface area contributed by atoms with E-state index in [1.165, 1.54) is 5.03 Å². The minimum atomic E-state index is 1.14. The maximum Gasteiger partial charge on any atom is 0.245 e. The fourth-order valence-electron chi connectivity index (χ4n) is 0.854. The molecule has 0 saturated heterocycles. The first-order valence-electron chi connectivity index (χ1n) is 2.60. The zero-order valence-corrected chi connectivity index (χ0v) is 5.19. The molecule has 0 unspecified atom stereocenters. The molecule has 0 N–H and O–H groups in total. The summed E-state index contributed by atoms with van der Waals surface area (Å²) in [7, 11) is 0. The van der Waals surface area contributed by atoms with E-state index in [4.69, 9.17) is 0 Å². The molecule has 2 aliphatic heterocycles. The highest BCUT2D eigenvalue weighted by Gasteiger charge is 2.20. The van der Waals surface area contributed by atoms with Gasteiger partial charge < -0.3 is 0 Å². The van der Waals surface area contributed by atoms with Crippen LogP contribution in [0.5, 0.6) is 0 Å². The van der Waals surface area contributed by atoms with Crippen molar-refractivity contribution in [2.45, 2.75) is 0 Å². The Morgan fingerprint density at radius 1 is 1.62 bits per heavy atom. The van der Waals surface area contributed by atoms with Gasteiger partial charge in [0.15, 0.2) is 12.4 Å². The van der Waals surface area contributed by atoms with Crippen molar-refractivity contribution in [1.82, 2.24) is 0 Å². The van der Waals surface area contributed by atoms with Gasteiger partial charge in [0.05, 0.1) is 5.75 Å². The summed E-state index contributed by atoms with van der Waals surface area (Å²) in [4.78, 5) is 0. The maximum absolute atomic E-state index is 2.18. The molecule has 0 fully saturated rings. The van der Waals surface area contributed by atoms with Crippen LogP contribution in [0.1, 0.15) is 0 Å². The van der Waals surface area contributed by atoms with Crippen LogP contribution in [-0.2, 0) is 0 Å². The lowest BCUT2D eigenvalue weighted by Crippen LogP contribution is -1.90. The Morgan fingerprint density at radius 2 is 2.62 bits per heavy atom. The van der Waals surface area contributed by atoms with Crippen molar-refractivity contribution in [3.8, 4) is 0 Å². The third kappa shape index (κ3) is 0.464. The fraction of sp³-hybridized carbons (Fsp3) is 0.167. The van der Waals surface area contributed by atoms with Crippen LogP contribution in [-0.4, -0.2) is 16.5 Å². The monoisotopic (exact) mass is 124 g/mol. The van der Waals surface area contributed by atoms with E-state index in [0.717, 1.165) is 5.75 Å². The van der Waals surface area contributed by atoms with E-state index in [9.17, 15) is 0 Å². The van der Waals surface area contributed by atoms with Crippen LogP contribution in [0.15, 0.2) is 23.4 Å². The number of rotatable bonds is 0. The minimum absolute atomic E-state index is 1.14. The van der Waals surface area contributed by atoms with Crippen molar-refractivity contribution in [1.29, 1.82) is 0 Å². The molecule has 8 heavy (non-hydrogen) atoms. The van der Waals surface area contributed by atoms with Gasteiger partial charge in [0.25, 0.3) is 0 Å². The van der Waals surface area contributed by atoms with E-state index in [1.807, 2.05) is 11.8 Å². The number of allylic oxidation sites excluding steroid dienone is 2. The Kier molecular flexibility index (Phi) is 0.815. The summed E-state index contributed by atoms with van der Waals surface area (Å²) in [5.41, 5.74) is 0. The van der Waals surface area contributed by atoms with Crippen molar-refractivity contribution in [2.24, 2.45) is 0 Å². The average molecular weight is 124 g/mol. The molecule has 0 aromatic carbocycles. The SMILES string of the molecule is C1=C[N+]2=CCSC2=C1. The van der Waals surface area contributed by atoms with Gasteiger partial charge in [0.2, 0.25) is 5.03 Å². The Labute approximate surface area is 52.4 Å². The predicted octanol–water partition coefficient (Wildman–Crippen LogP) is 1.19. The first kappa shape index (κ1) is 4.39. The van der Waals surface area contributed by atoms with E-state index in [-0.39, 0.29) is 0 Å². The second-order valence-electron chi connectivity index (χ2n) is 1.75. The predicted molar refractivity (Wildman–Crippen MR) is 36.0 cm³/mol. The average Bonchev–Trinajstić information content (AvgIpc) is 2.15. The summed E-state index contributed by atoms with van der Waals surface area (Å²) in [6.07, 6.45) is 8.46. The highest BCUT2D eigenvalue weighted by Crippen LogP contribution is 2.24. The zero-order valence-electron chi connectivity index (χ0n) is 4.37. The number of fused-ring (bicyclic) bond motifs is 1. The minimum Gasteiger partial charge on any atom is -0.165 e. The van der Waals surface area contributed by atoms with Gasteiger partial charge in [0, 0.05) is 12.2 Å². The zero-order chi connectivity index (χ0) is 5.40. The first-order valence-corrected chi connectivity index (χ1v) is 3.58. The van der Waals surface area contributed by atoms with Crippen LogP contribution >= 0.6 is 11.8 Å². The van der Waals surface area contributed by atoms with E-state index >= 15 is 0 Å². The van der Waals surface area contributed by atoms with Gasteiger partial charge in [-0.05, 0) is 11.8 Å². The first-order chi connectivity index (χ1) is 3.97. The molecule has 2 heteroatoms. The molecule has 0 spiro atoms. The second-order valence-corrected chi connectivity index (χ2v) is 2.79. The molecule has 2 aliphatic rings. The lowest BCUT2D eigenvalue weighted by Gasteiger charge is -1.79. The van der Waals surface area contributed by atoms with E-state index in [0.29, 0.717) is 0 Å². The highest BCUT2D eigenvalue weighted by molar-refractivity contribution is 8.03. The number of hydrogen-bond donors (Lipinski definition) is 0. The molecule has 0 radical (unpaired) electrons. The summed E-state index contributed by atoms with van der Waals surface area (Å²) in [6, 6.07) is 0. The molecule has 2 rings (SSSR count). The third-order valence-corrected chi connectivity index (χ3v) is 2.20. The molecule has 0 bridgehead atoms. The van der Waals surface area contributed by atoms with E-state index in [1.54, 1.807) is 0 Å². The smallest absolute Gasteiger partial charge is 0.165 e. The topological polar surface area (TPSA) is 3.01 Å². The lowest BCUT2D eigenvalue weighted by atomic mass is 10.6. The summed E-state index contributed by atoms with van der Waals surface area (Å²) in [5.74, 6) is 1.14. The van der Waals surface area contributed by atoms with E-state index in [2.05, 4.69) is 29.1 Å². The quantitative estimate of drug-likeness (QED) is 0.438. The molecule has 40 valence electrons. The van der Waals surface area contributed by atoms with Crippen LogP contribution in [0, 0.1) is 0 Å². The molecule has 0 atom stereocenters. The van der Waals surface area contributed by atoms with Crippen LogP contribution in [0.3, 0.4) is 0 Å². The highest BCUT2D eigenvalue weighted by atomic mass is 32.2. The molecular weight excluding hydrogens is 118 g/mol. The van der Waals surface area contributed by atoms with E-state index < -0.39 is 0 Å². The largest absolute Gasteiger partial charge is 0.245 e. The molecule has 0 amide bonds. The summed E-state index contributed by atoms with van der Waals surface area (Å²) >= 11 is 1.88. The Bertz CT molecular complexity index is 201. The number of nitrogens with zero attached hydrogens (tertiary/aromatic N) is 1. The second kappa shape index (κ2) is 1.49. The van der Waals surface area contributed by atoms with Gasteiger partial charge in [-0.15, -0.1) is 0 Å². The number of thioether (sulfide) groups is 1. The van der Waals surface area contributed by atoms with Crippen LogP contribution in [0.4, 0.5) is 0 Å². The number of hydrogen-bond acceptors (Lipinski definition) is 1. The summed E-state index contributed by atoms with van der Waals surface area (Å²) in [6.45, 7) is 0. The fourth-order valence-corrected chi connectivity index (χ4v) is 1.72. The molecular formula is C6H6NS+. The summed E-state index contributed by atoms with van der Waals surface area (Å²) < 4.78 is 2.16. The van der Waals surface area contributed by atoms with Gasteiger partial charge in [-0.25, -0.2) is 0 Å². The Morgan fingerprint density at radius 3 is 3.50 bits per heavy atom. The van der Waals surface area contributed by atoms with Crippen molar-refractivity contribution in [2.75, 3.05) is 5.75 Å². The lowest BCUT2D eigenvalue weighted by molar-refractivity contribution is -0.373. The van der Waals surface area contributed by atoms with Crippen LogP contribution < -0.4 is 0 Å². The summed E-state index contributed by atoms with van der Waals surface area (Å²) in [5, 5.41) is 1.37. The van der Waals surface area contributed by atoms with Gasteiger partial charge in [-0.3, -0.25) is 0 Å². The molecule has 0 saturated carbocycles. The van der Waals surface area contributed by atoms with Crippen LogP contribution in [0.2, 0.25) is 0 Å². The molecule has 0 aromatic heterocycles. The Balaban J connectivity index is 2.49. The van der Waals surface area contributed by atoms with Gasteiger partial charge >= 0.3 is 0 Å². The van der Waals surface area contributed by atoms with Crippen molar-refractivity contribution < 1.29 is 4.58 Å². The standard InChI is InChI=1S/C6H6NS/c1-2-6-7(3-1)4-5-8-6/h1-4H,5H2/q+1. The molecule has 0 aromatic rings. The Hall–Kier alpha value is -0.500. The normalized spacial score (nSPS) is 23.0. The molecule has 1 nitrogen and oxygen atoms in total. The van der Waals surface area contributed by atoms with Gasteiger partial charge in [-0.1, -0.05) is 0 Å². The van der Waals surface area contributed by atoms with Gasteiger partial charge in [-0.2, -0.15) is 4.58 Å². The van der Waals surface area contributed by atoms with Crippen molar-refractivity contribution in [3.63, 3.8) is 0 Å².